The second kappa shape index (κ2) is 11.0. The lowest BCUT2D eigenvalue weighted by Crippen LogP contribution is -2.48. The normalized spacial score (nSPS) is 12.6. The van der Waals surface area contributed by atoms with E-state index in [1.54, 1.807) is 50.2 Å². The van der Waals surface area contributed by atoms with Crippen molar-refractivity contribution in [3.63, 3.8) is 0 Å². The van der Waals surface area contributed by atoms with Gasteiger partial charge in [-0.2, -0.15) is 0 Å². The lowest BCUT2D eigenvalue weighted by molar-refractivity contribution is -0.156. The van der Waals surface area contributed by atoms with E-state index in [4.69, 9.17) is 4.74 Å². The van der Waals surface area contributed by atoms with Crippen LogP contribution in [-0.4, -0.2) is 30.1 Å². The summed E-state index contributed by atoms with van der Waals surface area (Å²) >= 11 is 0. The van der Waals surface area contributed by atoms with Gasteiger partial charge in [0.15, 0.2) is 6.10 Å². The van der Waals surface area contributed by atoms with Crippen LogP contribution in [0, 0.1) is 5.92 Å². The molecule has 7 nitrogen and oxygen atoms in total. The average Bonchev–Trinajstić information content (AvgIpc) is 2.72. The first-order valence-electron chi connectivity index (χ1n) is 10.0. The Morgan fingerprint density at radius 2 is 1.47 bits per heavy atom. The van der Waals surface area contributed by atoms with Crippen LogP contribution in [0.15, 0.2) is 54.6 Å². The van der Waals surface area contributed by atoms with Crippen LogP contribution in [0.25, 0.3) is 0 Å². The molecule has 2 aromatic rings. The Bertz CT molecular complexity index is 851. The van der Waals surface area contributed by atoms with Gasteiger partial charge in [-0.15, -0.1) is 0 Å². The molecular weight excluding hydrogens is 382 g/mol. The largest absolute Gasteiger partial charge is 0.451 e. The first-order chi connectivity index (χ1) is 14.3. The molecule has 0 unspecified atom stereocenters. The number of rotatable bonds is 8. The first kappa shape index (κ1) is 22.9. The zero-order chi connectivity index (χ0) is 22.1. The van der Waals surface area contributed by atoms with Crippen LogP contribution in [0.1, 0.15) is 33.3 Å². The summed E-state index contributed by atoms with van der Waals surface area (Å²) in [5.74, 6) is -1.34. The Balaban J connectivity index is 1.92. The van der Waals surface area contributed by atoms with E-state index in [1.807, 2.05) is 18.2 Å². The summed E-state index contributed by atoms with van der Waals surface area (Å²) in [5, 5.41) is 8.00. The SMILES string of the molecule is CCc1ccc(NC(=O)[C@@H](C)OC(=O)[C@H](NC(=O)Nc2ccccc2)C(C)C)cc1. The number of esters is 1. The Kier molecular flexibility index (Phi) is 8.41. The number of ether oxygens (including phenoxy) is 1. The molecule has 2 rings (SSSR count). The van der Waals surface area contributed by atoms with Gasteiger partial charge in [-0.3, -0.25) is 4.79 Å². The molecule has 0 spiro atoms. The maximum Gasteiger partial charge on any atom is 0.329 e. The molecule has 7 heteroatoms. The van der Waals surface area contributed by atoms with Gasteiger partial charge in [-0.25, -0.2) is 9.59 Å². The molecule has 0 aliphatic heterocycles. The maximum absolute atomic E-state index is 12.6. The molecular formula is C23H29N3O4. The van der Waals surface area contributed by atoms with Crippen LogP contribution in [0.3, 0.4) is 0 Å². The standard InChI is InChI=1S/C23H29N3O4/c1-5-17-11-13-19(14-12-17)24-21(27)16(4)30-22(28)20(15(2)3)26-23(29)25-18-9-7-6-8-10-18/h6-16,20H,5H2,1-4H3,(H,24,27)(H2,25,26,29)/t16-,20-/m1/s1. The second-order valence-corrected chi connectivity index (χ2v) is 7.31. The van der Waals surface area contributed by atoms with Crippen LogP contribution >= 0.6 is 0 Å². The molecule has 0 aliphatic rings. The number of carbonyl (C=O) groups excluding carboxylic acids is 3. The summed E-state index contributed by atoms with van der Waals surface area (Å²) in [5.41, 5.74) is 2.39. The Morgan fingerprint density at radius 3 is 2.03 bits per heavy atom. The number of carbonyl (C=O) groups is 3. The van der Waals surface area contributed by atoms with Gasteiger partial charge in [0.05, 0.1) is 0 Å². The number of amides is 3. The minimum absolute atomic E-state index is 0.226. The van der Waals surface area contributed by atoms with Crippen LogP contribution in [-0.2, 0) is 20.7 Å². The van der Waals surface area contributed by atoms with E-state index in [9.17, 15) is 14.4 Å². The third kappa shape index (κ3) is 6.92. The van der Waals surface area contributed by atoms with Crippen molar-refractivity contribution in [2.75, 3.05) is 10.6 Å². The molecule has 0 aromatic heterocycles. The van der Waals surface area contributed by atoms with Gasteiger partial charge >= 0.3 is 12.0 Å². The van der Waals surface area contributed by atoms with E-state index in [-0.39, 0.29) is 5.92 Å². The third-order valence-electron chi connectivity index (χ3n) is 4.53. The highest BCUT2D eigenvalue weighted by atomic mass is 16.5. The van der Waals surface area contributed by atoms with E-state index in [2.05, 4.69) is 22.9 Å². The molecule has 0 saturated carbocycles. The number of aryl methyl sites for hydroxylation is 1. The maximum atomic E-state index is 12.6. The molecule has 0 aliphatic carbocycles. The number of urea groups is 1. The highest BCUT2D eigenvalue weighted by Gasteiger charge is 2.29. The fraction of sp³-hybridized carbons (Fsp3) is 0.348. The molecule has 30 heavy (non-hydrogen) atoms. The third-order valence-corrected chi connectivity index (χ3v) is 4.53. The number of benzene rings is 2. The molecule has 160 valence electrons. The van der Waals surface area contributed by atoms with Crippen LogP contribution in [0.2, 0.25) is 0 Å². The van der Waals surface area contributed by atoms with E-state index < -0.39 is 30.1 Å². The van der Waals surface area contributed by atoms with Gasteiger partial charge in [0, 0.05) is 11.4 Å². The zero-order valence-electron chi connectivity index (χ0n) is 17.8. The Morgan fingerprint density at radius 1 is 0.867 bits per heavy atom. The highest BCUT2D eigenvalue weighted by molar-refractivity contribution is 5.96. The van der Waals surface area contributed by atoms with E-state index in [0.29, 0.717) is 11.4 Å². The van der Waals surface area contributed by atoms with Crippen molar-refractivity contribution >= 4 is 29.3 Å². The van der Waals surface area contributed by atoms with Gasteiger partial charge < -0.3 is 20.7 Å². The predicted octanol–water partition coefficient (Wildman–Crippen LogP) is 3.97. The van der Waals surface area contributed by atoms with Crippen molar-refractivity contribution < 1.29 is 19.1 Å². The number of anilines is 2. The van der Waals surface area contributed by atoms with Crippen LogP contribution in [0.5, 0.6) is 0 Å². The minimum atomic E-state index is -1.01. The van der Waals surface area contributed by atoms with Crippen molar-refractivity contribution in [1.82, 2.24) is 5.32 Å². The number of hydrogen-bond acceptors (Lipinski definition) is 4. The summed E-state index contributed by atoms with van der Waals surface area (Å²) in [6.07, 6.45) is -0.104. The Hall–Kier alpha value is -3.35. The zero-order valence-corrected chi connectivity index (χ0v) is 17.8. The fourth-order valence-electron chi connectivity index (χ4n) is 2.70. The first-order valence-corrected chi connectivity index (χ1v) is 10.0. The Labute approximate surface area is 177 Å². The molecule has 0 bridgehead atoms. The number of para-hydroxylation sites is 1. The van der Waals surface area contributed by atoms with Gasteiger partial charge in [-0.1, -0.05) is 51.1 Å². The molecule has 0 saturated heterocycles. The summed E-state index contributed by atoms with van der Waals surface area (Å²) < 4.78 is 5.31. The smallest absolute Gasteiger partial charge is 0.329 e. The minimum Gasteiger partial charge on any atom is -0.451 e. The fourth-order valence-corrected chi connectivity index (χ4v) is 2.70. The molecule has 0 heterocycles. The predicted molar refractivity (Wildman–Crippen MR) is 117 cm³/mol. The van der Waals surface area contributed by atoms with E-state index in [0.717, 1.165) is 12.0 Å². The summed E-state index contributed by atoms with van der Waals surface area (Å²) in [6, 6.07) is 14.9. The lowest BCUT2D eigenvalue weighted by Gasteiger charge is -2.23. The second-order valence-electron chi connectivity index (χ2n) is 7.31. The van der Waals surface area contributed by atoms with Crippen molar-refractivity contribution in [1.29, 1.82) is 0 Å². The van der Waals surface area contributed by atoms with E-state index in [1.165, 1.54) is 6.92 Å². The van der Waals surface area contributed by atoms with Gasteiger partial charge in [-0.05, 0) is 49.1 Å². The molecule has 2 atom stereocenters. The molecule has 3 N–H and O–H groups in total. The molecule has 0 radical (unpaired) electrons. The van der Waals surface area contributed by atoms with E-state index >= 15 is 0 Å². The monoisotopic (exact) mass is 411 g/mol. The molecule has 3 amide bonds. The quantitative estimate of drug-likeness (QED) is 0.573. The molecule has 0 fully saturated rings. The number of hydrogen-bond donors (Lipinski definition) is 3. The van der Waals surface area contributed by atoms with Crippen molar-refractivity contribution in [3.05, 3.63) is 60.2 Å². The van der Waals surface area contributed by atoms with Gasteiger partial charge in [0.1, 0.15) is 6.04 Å². The topological polar surface area (TPSA) is 96.5 Å². The van der Waals surface area contributed by atoms with Crippen LogP contribution < -0.4 is 16.0 Å². The van der Waals surface area contributed by atoms with Crippen molar-refractivity contribution in [2.24, 2.45) is 5.92 Å². The lowest BCUT2D eigenvalue weighted by atomic mass is 10.0. The number of nitrogens with one attached hydrogen (secondary N) is 3. The van der Waals surface area contributed by atoms with Gasteiger partial charge in [0.25, 0.3) is 5.91 Å². The summed E-state index contributed by atoms with van der Waals surface area (Å²) in [4.78, 5) is 37.2. The van der Waals surface area contributed by atoms with Crippen molar-refractivity contribution in [2.45, 2.75) is 46.3 Å². The van der Waals surface area contributed by atoms with Crippen molar-refractivity contribution in [3.8, 4) is 0 Å². The average molecular weight is 412 g/mol. The van der Waals surface area contributed by atoms with Crippen LogP contribution in [0.4, 0.5) is 16.2 Å². The summed E-state index contributed by atoms with van der Waals surface area (Å²) in [7, 11) is 0. The highest BCUT2D eigenvalue weighted by Crippen LogP contribution is 2.12. The molecule has 2 aromatic carbocycles. The summed E-state index contributed by atoms with van der Waals surface area (Å²) in [6.45, 7) is 7.12. The van der Waals surface area contributed by atoms with Gasteiger partial charge in [0.2, 0.25) is 0 Å².